The van der Waals surface area contributed by atoms with E-state index in [9.17, 15) is 9.59 Å². The molecule has 0 aromatic carbocycles. The third-order valence-electron chi connectivity index (χ3n) is 4.16. The van der Waals surface area contributed by atoms with Gasteiger partial charge in [0.05, 0.1) is 12.5 Å². The van der Waals surface area contributed by atoms with E-state index in [0.717, 1.165) is 30.5 Å². The first kappa shape index (κ1) is 14.4. The quantitative estimate of drug-likeness (QED) is 0.793. The lowest BCUT2D eigenvalue weighted by Gasteiger charge is -2.17. The molecule has 0 radical (unpaired) electrons. The van der Waals surface area contributed by atoms with Crippen molar-refractivity contribution >= 4 is 17.1 Å². The molecule has 8 heteroatoms. The molecule has 0 unspecified atom stereocenters. The molecule has 1 aliphatic heterocycles. The van der Waals surface area contributed by atoms with Gasteiger partial charge in [0.25, 0.3) is 5.56 Å². The second-order valence-corrected chi connectivity index (χ2v) is 5.54. The zero-order valence-electron chi connectivity index (χ0n) is 12.7. The first-order valence-corrected chi connectivity index (χ1v) is 7.34. The van der Waals surface area contributed by atoms with E-state index in [0.29, 0.717) is 23.7 Å². The average Bonchev–Trinajstić information content (AvgIpc) is 3.15. The molecule has 0 spiro atoms. The average molecular weight is 302 g/mol. The highest BCUT2D eigenvalue weighted by atomic mass is 16.2. The van der Waals surface area contributed by atoms with Crippen molar-refractivity contribution in [3.63, 3.8) is 0 Å². The molecule has 1 aliphatic rings. The van der Waals surface area contributed by atoms with Crippen LogP contribution in [0.1, 0.15) is 19.3 Å². The van der Waals surface area contributed by atoms with Crippen LogP contribution in [0.15, 0.2) is 9.59 Å². The maximum absolute atomic E-state index is 12.5. The number of nitriles is 1. The molecule has 3 rings (SSSR count). The largest absolute Gasteiger partial charge is 0.342 e. The molecule has 0 saturated carbocycles. The maximum atomic E-state index is 12.5. The van der Waals surface area contributed by atoms with Crippen molar-refractivity contribution in [2.45, 2.75) is 25.8 Å². The molecular formula is C14H18N6O2. The number of rotatable bonds is 3. The molecule has 116 valence electrons. The molecular weight excluding hydrogens is 284 g/mol. The summed E-state index contributed by atoms with van der Waals surface area (Å²) in [6.45, 7) is 2.15. The van der Waals surface area contributed by atoms with Crippen LogP contribution in [0, 0.1) is 11.3 Å². The first-order valence-electron chi connectivity index (χ1n) is 7.34. The molecule has 2 aromatic heterocycles. The number of aryl methyl sites for hydroxylation is 2. The molecule has 0 amide bonds. The summed E-state index contributed by atoms with van der Waals surface area (Å²) in [5.74, 6) is 0.682. The van der Waals surface area contributed by atoms with Crippen LogP contribution in [-0.2, 0) is 20.6 Å². The van der Waals surface area contributed by atoms with Crippen LogP contribution in [0.2, 0.25) is 0 Å². The van der Waals surface area contributed by atoms with Gasteiger partial charge >= 0.3 is 5.69 Å². The number of hydrogen-bond donors (Lipinski definition) is 0. The smallest absolute Gasteiger partial charge is 0.332 e. The Morgan fingerprint density at radius 1 is 1.18 bits per heavy atom. The highest BCUT2D eigenvalue weighted by Gasteiger charge is 2.24. The van der Waals surface area contributed by atoms with E-state index >= 15 is 0 Å². The van der Waals surface area contributed by atoms with Crippen LogP contribution >= 0.6 is 0 Å². The Kier molecular flexibility index (Phi) is 3.48. The van der Waals surface area contributed by atoms with Crippen molar-refractivity contribution in [2.75, 3.05) is 18.0 Å². The van der Waals surface area contributed by atoms with Gasteiger partial charge in [0, 0.05) is 33.7 Å². The third kappa shape index (κ3) is 2.01. The number of aromatic nitrogens is 4. The summed E-state index contributed by atoms with van der Waals surface area (Å²) in [5, 5.41) is 8.88. The molecule has 0 atom stereocenters. The minimum absolute atomic E-state index is 0.290. The van der Waals surface area contributed by atoms with E-state index in [4.69, 9.17) is 5.26 Å². The van der Waals surface area contributed by atoms with E-state index < -0.39 is 5.69 Å². The lowest BCUT2D eigenvalue weighted by Crippen LogP contribution is -2.37. The normalized spacial score (nSPS) is 14.7. The van der Waals surface area contributed by atoms with Crippen LogP contribution in [0.25, 0.3) is 11.2 Å². The zero-order valence-corrected chi connectivity index (χ0v) is 12.7. The lowest BCUT2D eigenvalue weighted by molar-refractivity contribution is 0.687. The summed E-state index contributed by atoms with van der Waals surface area (Å²) >= 11 is 0. The van der Waals surface area contributed by atoms with E-state index in [1.165, 1.54) is 11.6 Å². The van der Waals surface area contributed by atoms with Gasteiger partial charge in [-0.3, -0.25) is 13.9 Å². The minimum Gasteiger partial charge on any atom is -0.342 e. The number of fused-ring (bicyclic) bond motifs is 1. The first-order chi connectivity index (χ1) is 10.6. The van der Waals surface area contributed by atoms with Crippen molar-refractivity contribution in [3.8, 4) is 6.07 Å². The van der Waals surface area contributed by atoms with E-state index in [2.05, 4.69) is 16.0 Å². The van der Waals surface area contributed by atoms with Crippen molar-refractivity contribution in [1.82, 2.24) is 18.7 Å². The predicted octanol–water partition coefficient (Wildman–Crippen LogP) is -0.0524. The van der Waals surface area contributed by atoms with Gasteiger partial charge < -0.3 is 9.47 Å². The fourth-order valence-corrected chi connectivity index (χ4v) is 2.97. The highest BCUT2D eigenvalue weighted by Crippen LogP contribution is 2.23. The minimum atomic E-state index is -0.393. The van der Waals surface area contributed by atoms with Gasteiger partial charge in [0.1, 0.15) is 0 Å². The molecule has 2 aromatic rings. The van der Waals surface area contributed by atoms with Gasteiger partial charge in [-0.05, 0) is 12.8 Å². The Morgan fingerprint density at radius 2 is 1.86 bits per heavy atom. The fraction of sp³-hybridized carbons (Fsp3) is 0.571. The Morgan fingerprint density at radius 3 is 2.50 bits per heavy atom. The second kappa shape index (κ2) is 5.33. The van der Waals surface area contributed by atoms with Gasteiger partial charge in [0.2, 0.25) is 5.95 Å². The monoisotopic (exact) mass is 302 g/mol. The number of hydrogen-bond acceptors (Lipinski definition) is 5. The van der Waals surface area contributed by atoms with Crippen molar-refractivity contribution in [1.29, 1.82) is 5.26 Å². The van der Waals surface area contributed by atoms with E-state index in [1.54, 1.807) is 11.6 Å². The lowest BCUT2D eigenvalue weighted by atomic mass is 10.4. The standard InChI is InChI=1S/C14H18N6O2/c1-17-11-10(12(21)18(2)14(17)22)20(9-5-6-15)13(16-11)19-7-3-4-8-19/h3-5,7-9H2,1-2H3. The number of anilines is 1. The summed E-state index contributed by atoms with van der Waals surface area (Å²) in [6.07, 6.45) is 2.45. The van der Waals surface area contributed by atoms with Crippen molar-refractivity contribution < 1.29 is 0 Å². The maximum Gasteiger partial charge on any atom is 0.332 e. The van der Waals surface area contributed by atoms with Crippen LogP contribution in [0.4, 0.5) is 5.95 Å². The van der Waals surface area contributed by atoms with Crippen LogP contribution in [0.3, 0.4) is 0 Å². The molecule has 3 heterocycles. The van der Waals surface area contributed by atoms with Gasteiger partial charge in [-0.15, -0.1) is 0 Å². The predicted molar refractivity (Wildman–Crippen MR) is 81.9 cm³/mol. The van der Waals surface area contributed by atoms with Gasteiger partial charge in [-0.1, -0.05) is 0 Å². The van der Waals surface area contributed by atoms with Gasteiger partial charge in [0.15, 0.2) is 11.2 Å². The Balaban J connectivity index is 2.33. The van der Waals surface area contributed by atoms with Crippen LogP contribution in [-0.4, -0.2) is 31.8 Å². The van der Waals surface area contributed by atoms with Crippen molar-refractivity contribution in [3.05, 3.63) is 20.8 Å². The SMILES string of the molecule is Cn1c(=O)c2c(nc(N3CCCC3)n2CCC#N)n(C)c1=O. The van der Waals surface area contributed by atoms with Gasteiger partial charge in [-0.25, -0.2) is 4.79 Å². The Hall–Kier alpha value is -2.56. The molecule has 1 fully saturated rings. The second-order valence-electron chi connectivity index (χ2n) is 5.54. The topological polar surface area (TPSA) is 88.8 Å². The summed E-state index contributed by atoms with van der Waals surface area (Å²) in [7, 11) is 3.07. The molecule has 0 N–H and O–H groups in total. The molecule has 22 heavy (non-hydrogen) atoms. The summed E-state index contributed by atoms with van der Waals surface area (Å²) in [4.78, 5) is 31.2. The fourth-order valence-electron chi connectivity index (χ4n) is 2.97. The number of nitrogens with zero attached hydrogens (tertiary/aromatic N) is 6. The van der Waals surface area contributed by atoms with Gasteiger partial charge in [-0.2, -0.15) is 10.2 Å². The molecule has 8 nitrogen and oxygen atoms in total. The summed E-state index contributed by atoms with van der Waals surface area (Å²) in [5.41, 5.74) is 0.0130. The molecule has 1 saturated heterocycles. The highest BCUT2D eigenvalue weighted by molar-refractivity contribution is 5.74. The Labute approximate surface area is 126 Å². The van der Waals surface area contributed by atoms with Crippen LogP contribution in [0.5, 0.6) is 0 Å². The van der Waals surface area contributed by atoms with Crippen molar-refractivity contribution in [2.24, 2.45) is 14.1 Å². The number of imidazole rings is 1. The summed E-state index contributed by atoms with van der Waals surface area (Å²) < 4.78 is 4.26. The molecule has 0 bridgehead atoms. The van der Waals surface area contributed by atoms with E-state index in [1.807, 2.05) is 0 Å². The molecule has 0 aliphatic carbocycles. The van der Waals surface area contributed by atoms with E-state index in [-0.39, 0.29) is 12.0 Å². The third-order valence-corrected chi connectivity index (χ3v) is 4.16. The summed E-state index contributed by atoms with van der Waals surface area (Å²) in [6, 6.07) is 2.10. The Bertz CT molecular complexity index is 876. The zero-order chi connectivity index (χ0) is 15.9. The van der Waals surface area contributed by atoms with Crippen LogP contribution < -0.4 is 16.1 Å².